The molecule has 0 aromatic heterocycles. The molecule has 2 aliphatic heterocycles. The average molecular weight is 374 g/mol. The first-order valence-corrected chi connectivity index (χ1v) is 9.72. The van der Waals surface area contributed by atoms with Gasteiger partial charge in [-0.15, -0.1) is 0 Å². The van der Waals surface area contributed by atoms with Gasteiger partial charge in [0.2, 0.25) is 11.8 Å². The molecular weight excluding hydrogens is 344 g/mol. The first-order valence-electron chi connectivity index (χ1n) is 9.72. The van der Waals surface area contributed by atoms with Gasteiger partial charge in [-0.1, -0.05) is 18.2 Å². The van der Waals surface area contributed by atoms with E-state index >= 15 is 0 Å². The number of carbonyl (C=O) groups excluding carboxylic acids is 2. The van der Waals surface area contributed by atoms with E-state index in [1.54, 1.807) is 9.80 Å². The molecule has 7 heteroatoms. The van der Waals surface area contributed by atoms with Crippen LogP contribution in [0.15, 0.2) is 30.3 Å². The number of rotatable bonds is 7. The van der Waals surface area contributed by atoms with Gasteiger partial charge in [0.05, 0.1) is 26.3 Å². The molecule has 0 aliphatic carbocycles. The average Bonchev–Trinajstić information content (AvgIpc) is 3.17. The van der Waals surface area contributed by atoms with E-state index in [4.69, 9.17) is 4.74 Å². The molecule has 2 aliphatic rings. The van der Waals surface area contributed by atoms with E-state index in [9.17, 15) is 9.59 Å². The van der Waals surface area contributed by atoms with Crippen molar-refractivity contribution >= 4 is 17.5 Å². The molecule has 0 saturated carbocycles. The lowest BCUT2D eigenvalue weighted by atomic mass is 10.1. The van der Waals surface area contributed by atoms with E-state index in [1.165, 1.54) is 5.69 Å². The molecule has 1 N–H and O–H groups in total. The van der Waals surface area contributed by atoms with Crippen LogP contribution < -0.4 is 10.2 Å². The molecule has 1 aromatic rings. The van der Waals surface area contributed by atoms with Crippen LogP contribution in [0, 0.1) is 5.92 Å². The third-order valence-electron chi connectivity index (χ3n) is 5.18. The fourth-order valence-corrected chi connectivity index (χ4v) is 3.63. The Labute approximate surface area is 161 Å². The highest BCUT2D eigenvalue weighted by molar-refractivity contribution is 5.81. The Morgan fingerprint density at radius 1 is 1.15 bits per heavy atom. The maximum atomic E-state index is 12.2. The SMILES string of the molecule is CN(CC(=O)NCC1CCN(c2ccccc2)C1)CC(=O)N1CCOCC1. The van der Waals surface area contributed by atoms with Crippen molar-refractivity contribution in [2.24, 2.45) is 5.92 Å². The Kier molecular flexibility index (Phi) is 7.06. The fraction of sp³-hybridized carbons (Fsp3) is 0.600. The summed E-state index contributed by atoms with van der Waals surface area (Å²) in [5.74, 6) is 0.503. The summed E-state index contributed by atoms with van der Waals surface area (Å²) in [4.78, 5) is 30.4. The van der Waals surface area contributed by atoms with Gasteiger partial charge in [-0.25, -0.2) is 0 Å². The van der Waals surface area contributed by atoms with Crippen LogP contribution in [0.25, 0.3) is 0 Å². The second kappa shape index (κ2) is 9.71. The van der Waals surface area contributed by atoms with Crippen LogP contribution in [0.4, 0.5) is 5.69 Å². The van der Waals surface area contributed by atoms with Gasteiger partial charge in [0.15, 0.2) is 0 Å². The van der Waals surface area contributed by atoms with Crippen molar-refractivity contribution in [2.45, 2.75) is 6.42 Å². The van der Waals surface area contributed by atoms with Crippen LogP contribution in [0.1, 0.15) is 6.42 Å². The van der Waals surface area contributed by atoms with E-state index < -0.39 is 0 Å². The lowest BCUT2D eigenvalue weighted by Crippen LogP contribution is -2.47. The maximum absolute atomic E-state index is 12.2. The number of anilines is 1. The van der Waals surface area contributed by atoms with Gasteiger partial charge in [-0.2, -0.15) is 0 Å². The summed E-state index contributed by atoms with van der Waals surface area (Å²) in [6.45, 7) is 5.65. The number of amides is 2. The van der Waals surface area contributed by atoms with E-state index in [1.807, 2.05) is 13.1 Å². The van der Waals surface area contributed by atoms with Gasteiger partial charge < -0.3 is 19.9 Å². The van der Waals surface area contributed by atoms with E-state index in [0.717, 1.165) is 19.5 Å². The summed E-state index contributed by atoms with van der Waals surface area (Å²) >= 11 is 0. The summed E-state index contributed by atoms with van der Waals surface area (Å²) in [6, 6.07) is 10.4. The quantitative estimate of drug-likeness (QED) is 0.749. The summed E-state index contributed by atoms with van der Waals surface area (Å²) in [5.41, 5.74) is 1.24. The third-order valence-corrected chi connectivity index (χ3v) is 5.18. The molecule has 1 atom stereocenters. The molecule has 0 radical (unpaired) electrons. The van der Waals surface area contributed by atoms with Crippen LogP contribution in [-0.4, -0.2) is 87.7 Å². The Balaban J connectivity index is 1.34. The molecule has 2 fully saturated rings. The molecule has 148 valence electrons. The number of nitrogens with zero attached hydrogens (tertiary/aromatic N) is 3. The number of hydrogen-bond donors (Lipinski definition) is 1. The molecular formula is C20H30N4O3. The topological polar surface area (TPSA) is 65.1 Å². The molecule has 0 spiro atoms. The van der Waals surface area contributed by atoms with E-state index in [2.05, 4.69) is 34.5 Å². The smallest absolute Gasteiger partial charge is 0.236 e. The molecule has 2 heterocycles. The number of ether oxygens (including phenoxy) is 1. The highest BCUT2D eigenvalue weighted by Gasteiger charge is 2.23. The molecule has 2 saturated heterocycles. The highest BCUT2D eigenvalue weighted by atomic mass is 16.5. The zero-order valence-electron chi connectivity index (χ0n) is 16.1. The van der Waals surface area contributed by atoms with Crippen molar-refractivity contribution < 1.29 is 14.3 Å². The Morgan fingerprint density at radius 2 is 1.89 bits per heavy atom. The van der Waals surface area contributed by atoms with E-state index in [0.29, 0.717) is 38.8 Å². The lowest BCUT2D eigenvalue weighted by Gasteiger charge is -2.28. The predicted octanol–water partition coefficient (Wildman–Crippen LogP) is 0.420. The third kappa shape index (κ3) is 5.94. The molecule has 3 rings (SSSR count). The van der Waals surface area contributed by atoms with Crippen LogP contribution >= 0.6 is 0 Å². The Morgan fingerprint density at radius 3 is 2.63 bits per heavy atom. The van der Waals surface area contributed by atoms with Crippen LogP contribution in [0.2, 0.25) is 0 Å². The van der Waals surface area contributed by atoms with Crippen LogP contribution in [0.3, 0.4) is 0 Å². The van der Waals surface area contributed by atoms with Gasteiger partial charge >= 0.3 is 0 Å². The second-order valence-electron chi connectivity index (χ2n) is 7.41. The molecule has 2 amide bonds. The number of likely N-dealkylation sites (N-methyl/N-ethyl adjacent to an activating group) is 1. The van der Waals surface area contributed by atoms with Crippen LogP contribution in [0.5, 0.6) is 0 Å². The zero-order chi connectivity index (χ0) is 19.1. The van der Waals surface area contributed by atoms with Gasteiger partial charge in [-0.3, -0.25) is 14.5 Å². The minimum Gasteiger partial charge on any atom is -0.378 e. The van der Waals surface area contributed by atoms with Crippen molar-refractivity contribution in [3.8, 4) is 0 Å². The summed E-state index contributed by atoms with van der Waals surface area (Å²) in [7, 11) is 1.81. The fourth-order valence-electron chi connectivity index (χ4n) is 3.63. The number of para-hydroxylation sites is 1. The summed E-state index contributed by atoms with van der Waals surface area (Å²) in [5, 5.41) is 3.03. The maximum Gasteiger partial charge on any atom is 0.236 e. The zero-order valence-corrected chi connectivity index (χ0v) is 16.1. The Hall–Kier alpha value is -2.12. The first kappa shape index (κ1) is 19.6. The summed E-state index contributed by atoms with van der Waals surface area (Å²) in [6.07, 6.45) is 1.08. The minimum absolute atomic E-state index is 0.0227. The van der Waals surface area contributed by atoms with Crippen molar-refractivity contribution in [2.75, 3.05) is 71.0 Å². The molecule has 0 bridgehead atoms. The van der Waals surface area contributed by atoms with Crippen molar-refractivity contribution in [1.82, 2.24) is 15.1 Å². The number of benzene rings is 1. The predicted molar refractivity (Wildman–Crippen MR) is 105 cm³/mol. The van der Waals surface area contributed by atoms with Gasteiger partial charge in [0.25, 0.3) is 0 Å². The summed E-state index contributed by atoms with van der Waals surface area (Å²) < 4.78 is 5.26. The monoisotopic (exact) mass is 374 g/mol. The Bertz CT molecular complexity index is 619. The number of nitrogens with one attached hydrogen (secondary N) is 1. The van der Waals surface area contributed by atoms with Crippen molar-refractivity contribution in [3.05, 3.63) is 30.3 Å². The van der Waals surface area contributed by atoms with Gasteiger partial charge in [0.1, 0.15) is 0 Å². The lowest BCUT2D eigenvalue weighted by molar-refractivity contribution is -0.136. The van der Waals surface area contributed by atoms with E-state index in [-0.39, 0.29) is 24.9 Å². The van der Waals surface area contributed by atoms with Crippen molar-refractivity contribution in [3.63, 3.8) is 0 Å². The molecule has 27 heavy (non-hydrogen) atoms. The normalized spacial score (nSPS) is 20.1. The van der Waals surface area contributed by atoms with Gasteiger partial charge in [0, 0.05) is 38.4 Å². The molecule has 1 unspecified atom stereocenters. The highest BCUT2D eigenvalue weighted by Crippen LogP contribution is 2.22. The molecule has 1 aromatic carbocycles. The first-order chi connectivity index (χ1) is 13.1. The standard InChI is InChI=1S/C20H30N4O3/c1-22(16-20(26)23-9-11-27-12-10-23)15-19(25)21-13-17-7-8-24(14-17)18-5-3-2-4-6-18/h2-6,17H,7-16H2,1H3,(H,21,25). The second-order valence-corrected chi connectivity index (χ2v) is 7.41. The van der Waals surface area contributed by atoms with Crippen LogP contribution in [-0.2, 0) is 14.3 Å². The number of carbonyl (C=O) groups is 2. The number of hydrogen-bond acceptors (Lipinski definition) is 5. The molecule has 7 nitrogen and oxygen atoms in total. The minimum atomic E-state index is -0.0227. The van der Waals surface area contributed by atoms with Gasteiger partial charge in [-0.05, 0) is 31.5 Å². The largest absolute Gasteiger partial charge is 0.378 e. The van der Waals surface area contributed by atoms with Crippen molar-refractivity contribution in [1.29, 1.82) is 0 Å². The number of morpholine rings is 1.